The Bertz CT molecular complexity index is 821. The van der Waals surface area contributed by atoms with Crippen LogP contribution in [0.5, 0.6) is 0 Å². The van der Waals surface area contributed by atoms with Crippen molar-refractivity contribution in [2.75, 3.05) is 6.61 Å². The zero-order valence-electron chi connectivity index (χ0n) is 13.9. The van der Waals surface area contributed by atoms with Gasteiger partial charge >= 0.3 is 6.09 Å². The van der Waals surface area contributed by atoms with E-state index in [-0.39, 0.29) is 23.1 Å². The maximum absolute atomic E-state index is 14.1. The molecule has 0 aliphatic carbocycles. The average molecular weight is 424 g/mol. The molecule has 1 saturated heterocycles. The summed E-state index contributed by atoms with van der Waals surface area (Å²) in [6.07, 6.45) is -0.957. The first kappa shape index (κ1) is 18.5. The molecule has 0 radical (unpaired) electrons. The molecule has 1 fully saturated rings. The van der Waals surface area contributed by atoms with Crippen LogP contribution < -0.4 is 0 Å². The van der Waals surface area contributed by atoms with Crippen molar-refractivity contribution in [1.82, 2.24) is 4.90 Å². The Kier molecular flexibility index (Phi) is 5.36. The summed E-state index contributed by atoms with van der Waals surface area (Å²) in [5.41, 5.74) is 0.589. The number of halogens is 3. The van der Waals surface area contributed by atoms with Crippen LogP contribution in [0.1, 0.15) is 36.4 Å². The van der Waals surface area contributed by atoms with E-state index in [2.05, 4.69) is 15.9 Å². The second-order valence-electron chi connectivity index (χ2n) is 6.16. The van der Waals surface area contributed by atoms with Gasteiger partial charge in [0, 0.05) is 16.5 Å². The molecular weight excluding hydrogens is 408 g/mol. The Morgan fingerprint density at radius 3 is 2.50 bits per heavy atom. The van der Waals surface area contributed by atoms with Crippen molar-refractivity contribution in [1.29, 1.82) is 0 Å². The van der Waals surface area contributed by atoms with Gasteiger partial charge in [-0.25, -0.2) is 18.5 Å². The average Bonchev–Trinajstić information content (AvgIpc) is 2.96. The quantitative estimate of drug-likeness (QED) is 0.699. The van der Waals surface area contributed by atoms with Gasteiger partial charge in [0.1, 0.15) is 24.3 Å². The minimum absolute atomic E-state index is 0.0595. The van der Waals surface area contributed by atoms with E-state index in [0.29, 0.717) is 0 Å². The topological polar surface area (TPSA) is 46.6 Å². The Balaban J connectivity index is 1.81. The highest BCUT2D eigenvalue weighted by atomic mass is 79.9. The second kappa shape index (κ2) is 7.53. The first-order valence-corrected chi connectivity index (χ1v) is 8.86. The third-order valence-electron chi connectivity index (χ3n) is 4.34. The van der Waals surface area contributed by atoms with E-state index in [0.717, 1.165) is 22.6 Å². The lowest BCUT2D eigenvalue weighted by Crippen LogP contribution is -2.35. The number of cyclic esters (lactones) is 1. The van der Waals surface area contributed by atoms with E-state index in [1.165, 1.54) is 0 Å². The molecule has 136 valence electrons. The molecule has 2 atom stereocenters. The number of rotatable bonds is 4. The molecule has 1 aliphatic rings. The van der Waals surface area contributed by atoms with E-state index in [1.807, 2.05) is 6.07 Å². The largest absolute Gasteiger partial charge is 0.446 e. The van der Waals surface area contributed by atoms with Crippen molar-refractivity contribution < 1.29 is 23.1 Å². The molecular formula is C19H16BrF2NO3. The normalized spacial score (nSPS) is 17.9. The van der Waals surface area contributed by atoms with Crippen LogP contribution in [0, 0.1) is 11.6 Å². The molecule has 0 bridgehead atoms. The fraction of sp³-hybridized carbons (Fsp3) is 0.263. The van der Waals surface area contributed by atoms with Gasteiger partial charge in [0.15, 0.2) is 0 Å². The monoisotopic (exact) mass is 423 g/mol. The zero-order chi connectivity index (χ0) is 18.8. The third kappa shape index (κ3) is 3.62. The maximum atomic E-state index is 14.1. The number of hydrogen-bond acceptors (Lipinski definition) is 3. The zero-order valence-corrected chi connectivity index (χ0v) is 15.5. The third-order valence-corrected chi connectivity index (χ3v) is 4.80. The first-order valence-electron chi connectivity index (χ1n) is 8.06. The van der Waals surface area contributed by atoms with Crippen molar-refractivity contribution in [3.8, 4) is 0 Å². The number of hydrogen-bond donors (Lipinski definition) is 0. The highest BCUT2D eigenvalue weighted by molar-refractivity contribution is 9.10. The van der Waals surface area contributed by atoms with Crippen LogP contribution in [0.15, 0.2) is 46.9 Å². The van der Waals surface area contributed by atoms with Crippen molar-refractivity contribution >= 4 is 27.9 Å². The second-order valence-corrected chi connectivity index (χ2v) is 7.07. The van der Waals surface area contributed by atoms with Crippen molar-refractivity contribution in [3.05, 3.63) is 69.7 Å². The number of carbonyl (C=O) groups is 2. The highest BCUT2D eigenvalue weighted by Crippen LogP contribution is 2.32. The van der Waals surface area contributed by atoms with Gasteiger partial charge in [-0.1, -0.05) is 53.2 Å². The number of benzene rings is 2. The van der Waals surface area contributed by atoms with Gasteiger partial charge in [-0.3, -0.25) is 4.79 Å². The molecule has 2 aromatic carbocycles. The summed E-state index contributed by atoms with van der Waals surface area (Å²) in [6.45, 7) is 1.61. The van der Waals surface area contributed by atoms with Crippen LogP contribution in [-0.4, -0.2) is 23.5 Å². The summed E-state index contributed by atoms with van der Waals surface area (Å²) in [4.78, 5) is 25.7. The van der Waals surface area contributed by atoms with Gasteiger partial charge in [0.2, 0.25) is 5.91 Å². The van der Waals surface area contributed by atoms with Gasteiger partial charge < -0.3 is 4.74 Å². The van der Waals surface area contributed by atoms with Gasteiger partial charge in [0.25, 0.3) is 0 Å². The highest BCUT2D eigenvalue weighted by Gasteiger charge is 2.39. The number of amides is 2. The van der Waals surface area contributed by atoms with Crippen LogP contribution in [0.3, 0.4) is 0 Å². The predicted octanol–water partition coefficient (Wildman–Crippen LogP) is 4.94. The molecule has 7 heteroatoms. The molecule has 3 rings (SSSR count). The lowest BCUT2D eigenvalue weighted by molar-refractivity contribution is -0.129. The molecule has 1 aliphatic heterocycles. The minimum Gasteiger partial charge on any atom is -0.446 e. The predicted molar refractivity (Wildman–Crippen MR) is 94.5 cm³/mol. The fourth-order valence-corrected chi connectivity index (χ4v) is 3.51. The molecule has 26 heavy (non-hydrogen) atoms. The van der Waals surface area contributed by atoms with E-state index in [9.17, 15) is 18.4 Å². The molecule has 4 nitrogen and oxygen atoms in total. The molecule has 0 aromatic heterocycles. The lowest BCUT2D eigenvalue weighted by Gasteiger charge is -2.22. The Hall–Kier alpha value is -2.28. The van der Waals surface area contributed by atoms with Crippen LogP contribution in [0.4, 0.5) is 13.6 Å². The van der Waals surface area contributed by atoms with Crippen molar-refractivity contribution in [3.63, 3.8) is 0 Å². The smallest absolute Gasteiger partial charge is 0.417 e. The molecule has 0 spiro atoms. The lowest BCUT2D eigenvalue weighted by atomic mass is 9.95. The Labute approximate surface area is 157 Å². The minimum atomic E-state index is -0.743. The summed E-state index contributed by atoms with van der Waals surface area (Å²) >= 11 is 3.03. The summed E-state index contributed by atoms with van der Waals surface area (Å²) in [5, 5.41) is 0. The molecule has 1 heterocycles. The van der Waals surface area contributed by atoms with E-state index in [4.69, 9.17) is 4.74 Å². The fourth-order valence-electron chi connectivity index (χ4n) is 3.10. The number of nitrogens with zero attached hydrogens (tertiary/aromatic N) is 1. The number of ether oxygens (including phenoxy) is 1. The van der Waals surface area contributed by atoms with E-state index in [1.54, 1.807) is 31.2 Å². The van der Waals surface area contributed by atoms with Gasteiger partial charge in [-0.15, -0.1) is 0 Å². The summed E-state index contributed by atoms with van der Waals surface area (Å²) in [6, 6.07) is 10.8. The number of imide groups is 1. The molecule has 2 aromatic rings. The standard InChI is InChI=1S/C19H16BrF2NO3/c1-11(18-14(21)8-13(20)9-15(18)22)7-17(24)23-16(10-26-19(23)25)12-5-3-2-4-6-12/h2-6,8-9,11,16H,7,10H2,1H3. The number of carbonyl (C=O) groups excluding carboxylic acids is 2. The van der Waals surface area contributed by atoms with Crippen molar-refractivity contribution in [2.24, 2.45) is 0 Å². The Morgan fingerprint density at radius 2 is 1.88 bits per heavy atom. The Morgan fingerprint density at radius 1 is 1.27 bits per heavy atom. The summed E-state index contributed by atoms with van der Waals surface area (Å²) in [5.74, 6) is -2.74. The molecule has 2 amide bonds. The van der Waals surface area contributed by atoms with Crippen LogP contribution in [0.2, 0.25) is 0 Å². The van der Waals surface area contributed by atoms with Crippen LogP contribution in [0.25, 0.3) is 0 Å². The molecule has 0 saturated carbocycles. The summed E-state index contributed by atoms with van der Waals surface area (Å²) in [7, 11) is 0. The van der Waals surface area contributed by atoms with Crippen molar-refractivity contribution in [2.45, 2.75) is 25.3 Å². The van der Waals surface area contributed by atoms with E-state index >= 15 is 0 Å². The van der Waals surface area contributed by atoms with Crippen LogP contribution in [-0.2, 0) is 9.53 Å². The molecule has 2 unspecified atom stereocenters. The summed E-state index contributed by atoms with van der Waals surface area (Å²) < 4.78 is 33.5. The van der Waals surface area contributed by atoms with E-state index < -0.39 is 35.6 Å². The first-order chi connectivity index (χ1) is 12.4. The SMILES string of the molecule is CC(CC(=O)N1C(=O)OCC1c1ccccc1)c1c(F)cc(Br)cc1F. The van der Waals surface area contributed by atoms with Gasteiger partial charge in [-0.05, 0) is 23.6 Å². The molecule has 0 N–H and O–H groups in total. The maximum Gasteiger partial charge on any atom is 0.417 e. The van der Waals surface area contributed by atoms with Gasteiger partial charge in [0.05, 0.1) is 0 Å². The van der Waals surface area contributed by atoms with Gasteiger partial charge in [-0.2, -0.15) is 0 Å². The van der Waals surface area contributed by atoms with Crippen LogP contribution >= 0.6 is 15.9 Å².